The van der Waals surface area contributed by atoms with E-state index in [2.05, 4.69) is 26.1 Å². The van der Waals surface area contributed by atoms with Crippen LogP contribution in [-0.2, 0) is 4.79 Å². The number of carbonyl (C=O) groups excluding carboxylic acids is 2. The summed E-state index contributed by atoms with van der Waals surface area (Å²) >= 11 is 7.28. The first-order valence-electron chi connectivity index (χ1n) is 9.90. The standard InChI is InChI=1S/C22H24ClN5O2S/c1-4-13(2)18(25-21(30)24-17-11-6-5-8-14(17)3)19(29)26-22-28-27-20(31-22)15-9-7-10-16(23)12-15/h5-13,18H,4H2,1-3H3,(H2,24,25,30)(H,26,28,29). The molecule has 0 aliphatic carbocycles. The molecule has 2 atom stereocenters. The summed E-state index contributed by atoms with van der Waals surface area (Å²) in [5, 5.41) is 18.1. The van der Waals surface area contributed by atoms with Gasteiger partial charge in [0.05, 0.1) is 0 Å². The average Bonchev–Trinajstić information content (AvgIpc) is 3.21. The third-order valence-corrected chi connectivity index (χ3v) is 6.02. The molecule has 0 saturated carbocycles. The normalized spacial score (nSPS) is 12.6. The summed E-state index contributed by atoms with van der Waals surface area (Å²) in [7, 11) is 0. The Bertz CT molecular complexity index is 1070. The van der Waals surface area contributed by atoms with Gasteiger partial charge in [0.25, 0.3) is 0 Å². The van der Waals surface area contributed by atoms with Crippen LogP contribution in [0.15, 0.2) is 48.5 Å². The van der Waals surface area contributed by atoms with Crippen LogP contribution >= 0.6 is 22.9 Å². The molecule has 0 spiro atoms. The Morgan fingerprint density at radius 3 is 2.58 bits per heavy atom. The number of amides is 3. The Labute approximate surface area is 190 Å². The predicted octanol–water partition coefficient (Wildman–Crippen LogP) is 5.34. The molecule has 3 rings (SSSR count). The third-order valence-electron chi connectivity index (χ3n) is 4.90. The first kappa shape index (κ1) is 22.7. The topological polar surface area (TPSA) is 96.0 Å². The Hall–Kier alpha value is -2.97. The van der Waals surface area contributed by atoms with E-state index in [-0.39, 0.29) is 11.8 Å². The summed E-state index contributed by atoms with van der Waals surface area (Å²) in [6.07, 6.45) is 0.715. The maximum Gasteiger partial charge on any atom is 0.319 e. The highest BCUT2D eigenvalue weighted by molar-refractivity contribution is 7.18. The number of hydrogen-bond donors (Lipinski definition) is 3. The fourth-order valence-electron chi connectivity index (χ4n) is 2.91. The van der Waals surface area contributed by atoms with Gasteiger partial charge in [-0.25, -0.2) is 4.79 Å². The van der Waals surface area contributed by atoms with Crippen molar-refractivity contribution in [1.29, 1.82) is 0 Å². The summed E-state index contributed by atoms with van der Waals surface area (Å²) in [6.45, 7) is 5.78. The molecule has 3 amide bonds. The zero-order valence-corrected chi connectivity index (χ0v) is 19.1. The van der Waals surface area contributed by atoms with Crippen LogP contribution in [0, 0.1) is 12.8 Å². The van der Waals surface area contributed by atoms with E-state index in [0.29, 0.717) is 27.3 Å². The fourth-order valence-corrected chi connectivity index (χ4v) is 3.84. The summed E-state index contributed by atoms with van der Waals surface area (Å²) < 4.78 is 0. The van der Waals surface area contributed by atoms with Crippen molar-refractivity contribution in [2.24, 2.45) is 5.92 Å². The molecule has 3 aromatic rings. The van der Waals surface area contributed by atoms with E-state index in [1.54, 1.807) is 12.1 Å². The lowest BCUT2D eigenvalue weighted by atomic mass is 9.98. The van der Waals surface area contributed by atoms with Crippen LogP contribution < -0.4 is 16.0 Å². The molecule has 0 radical (unpaired) electrons. The van der Waals surface area contributed by atoms with Crippen molar-refractivity contribution in [2.75, 3.05) is 10.6 Å². The van der Waals surface area contributed by atoms with E-state index >= 15 is 0 Å². The zero-order valence-electron chi connectivity index (χ0n) is 17.5. The lowest BCUT2D eigenvalue weighted by molar-refractivity contribution is -0.119. The number of nitrogens with one attached hydrogen (secondary N) is 3. The van der Waals surface area contributed by atoms with E-state index in [1.165, 1.54) is 11.3 Å². The summed E-state index contributed by atoms with van der Waals surface area (Å²) in [5.74, 6) is -0.425. The van der Waals surface area contributed by atoms with Gasteiger partial charge in [-0.05, 0) is 36.6 Å². The second-order valence-corrected chi connectivity index (χ2v) is 8.60. The van der Waals surface area contributed by atoms with Gasteiger partial charge in [-0.3, -0.25) is 10.1 Å². The molecule has 1 aromatic heterocycles. The molecule has 0 bridgehead atoms. The maximum atomic E-state index is 12.9. The number of nitrogens with zero attached hydrogens (tertiary/aromatic N) is 2. The molecule has 0 fully saturated rings. The van der Waals surface area contributed by atoms with Gasteiger partial charge in [0, 0.05) is 16.3 Å². The minimum atomic E-state index is -0.729. The first-order valence-corrected chi connectivity index (χ1v) is 11.1. The molecule has 0 saturated heterocycles. The Morgan fingerprint density at radius 2 is 1.87 bits per heavy atom. The number of aryl methyl sites for hydroxylation is 1. The molecule has 2 unspecified atom stereocenters. The summed E-state index contributed by atoms with van der Waals surface area (Å²) in [4.78, 5) is 25.5. The highest BCUT2D eigenvalue weighted by Crippen LogP contribution is 2.28. The molecular formula is C22H24ClN5O2S. The number of anilines is 2. The number of hydrogen-bond acceptors (Lipinski definition) is 5. The largest absolute Gasteiger partial charge is 0.326 e. The molecule has 31 heavy (non-hydrogen) atoms. The second kappa shape index (κ2) is 10.4. The van der Waals surface area contributed by atoms with E-state index in [0.717, 1.165) is 11.1 Å². The molecule has 2 aromatic carbocycles. The highest BCUT2D eigenvalue weighted by atomic mass is 35.5. The van der Waals surface area contributed by atoms with Crippen molar-refractivity contribution in [2.45, 2.75) is 33.2 Å². The van der Waals surface area contributed by atoms with Crippen molar-refractivity contribution >= 4 is 45.7 Å². The van der Waals surface area contributed by atoms with Crippen LogP contribution in [0.3, 0.4) is 0 Å². The number of halogens is 1. The van der Waals surface area contributed by atoms with Gasteiger partial charge in [0.1, 0.15) is 11.0 Å². The van der Waals surface area contributed by atoms with Crippen LogP contribution in [0.1, 0.15) is 25.8 Å². The van der Waals surface area contributed by atoms with Crippen LogP contribution in [0.5, 0.6) is 0 Å². The smallest absolute Gasteiger partial charge is 0.319 e. The fraction of sp³-hybridized carbons (Fsp3) is 0.273. The van der Waals surface area contributed by atoms with Crippen molar-refractivity contribution in [3.63, 3.8) is 0 Å². The minimum absolute atomic E-state index is 0.0806. The van der Waals surface area contributed by atoms with E-state index in [4.69, 9.17) is 11.6 Å². The molecule has 3 N–H and O–H groups in total. The predicted molar refractivity (Wildman–Crippen MR) is 126 cm³/mol. The number of rotatable bonds is 7. The number of urea groups is 1. The van der Waals surface area contributed by atoms with Crippen LogP contribution in [0.25, 0.3) is 10.6 Å². The quantitative estimate of drug-likeness (QED) is 0.446. The van der Waals surface area contributed by atoms with Crippen LogP contribution in [0.4, 0.5) is 15.6 Å². The monoisotopic (exact) mass is 457 g/mol. The molecule has 7 nitrogen and oxygen atoms in total. The molecule has 1 heterocycles. The number of carbonyl (C=O) groups is 2. The Balaban J connectivity index is 1.69. The van der Waals surface area contributed by atoms with Crippen LogP contribution in [0.2, 0.25) is 5.02 Å². The Kier molecular flexibility index (Phi) is 7.59. The van der Waals surface area contributed by atoms with E-state index in [9.17, 15) is 9.59 Å². The molecule has 9 heteroatoms. The zero-order chi connectivity index (χ0) is 22.4. The van der Waals surface area contributed by atoms with E-state index < -0.39 is 12.1 Å². The molecular weight excluding hydrogens is 434 g/mol. The number of para-hydroxylation sites is 1. The first-order chi connectivity index (χ1) is 14.9. The molecule has 0 aliphatic rings. The lowest BCUT2D eigenvalue weighted by Gasteiger charge is -2.23. The Morgan fingerprint density at radius 1 is 1.10 bits per heavy atom. The average molecular weight is 458 g/mol. The summed E-state index contributed by atoms with van der Waals surface area (Å²) in [6, 6.07) is 13.5. The van der Waals surface area contributed by atoms with Gasteiger partial charge in [0.2, 0.25) is 11.0 Å². The minimum Gasteiger partial charge on any atom is -0.326 e. The second-order valence-electron chi connectivity index (χ2n) is 7.19. The van der Waals surface area contributed by atoms with Gasteiger partial charge in [-0.1, -0.05) is 73.5 Å². The SMILES string of the molecule is CCC(C)C(NC(=O)Nc1ccccc1C)C(=O)Nc1nnc(-c2cccc(Cl)c2)s1. The van der Waals surface area contributed by atoms with Crippen LogP contribution in [-0.4, -0.2) is 28.2 Å². The van der Waals surface area contributed by atoms with Crippen molar-refractivity contribution < 1.29 is 9.59 Å². The van der Waals surface area contributed by atoms with Crippen molar-refractivity contribution in [3.05, 3.63) is 59.1 Å². The lowest BCUT2D eigenvalue weighted by Crippen LogP contribution is -2.49. The van der Waals surface area contributed by atoms with Gasteiger partial charge < -0.3 is 10.6 Å². The van der Waals surface area contributed by atoms with Gasteiger partial charge >= 0.3 is 6.03 Å². The maximum absolute atomic E-state index is 12.9. The number of benzene rings is 2. The van der Waals surface area contributed by atoms with E-state index in [1.807, 2.05) is 57.2 Å². The van der Waals surface area contributed by atoms with Gasteiger partial charge in [-0.15, -0.1) is 10.2 Å². The third kappa shape index (κ3) is 6.02. The highest BCUT2D eigenvalue weighted by Gasteiger charge is 2.27. The number of aromatic nitrogens is 2. The van der Waals surface area contributed by atoms with Gasteiger partial charge in [-0.2, -0.15) is 0 Å². The summed E-state index contributed by atoms with van der Waals surface area (Å²) in [5.41, 5.74) is 2.45. The van der Waals surface area contributed by atoms with Crippen molar-refractivity contribution in [3.8, 4) is 10.6 Å². The van der Waals surface area contributed by atoms with Crippen molar-refractivity contribution in [1.82, 2.24) is 15.5 Å². The van der Waals surface area contributed by atoms with Gasteiger partial charge in [0.15, 0.2) is 0 Å². The molecule has 162 valence electrons. The molecule has 0 aliphatic heterocycles.